The number of halogens is 7. The van der Waals surface area contributed by atoms with Crippen molar-refractivity contribution in [2.24, 2.45) is 5.92 Å². The number of carbonyl (C=O) groups is 3. The predicted molar refractivity (Wildman–Crippen MR) is 256 cm³/mol. The van der Waals surface area contributed by atoms with E-state index in [0.29, 0.717) is 37.0 Å². The number of carbonyl (C=O) groups excluding carboxylic acids is 3. The maximum absolute atomic E-state index is 14.0. The van der Waals surface area contributed by atoms with Gasteiger partial charge in [0, 0.05) is 88.4 Å². The molecule has 0 bridgehead atoms. The molecule has 370 valence electrons. The minimum absolute atomic E-state index is 0.0245. The Morgan fingerprint density at radius 3 is 1.61 bits per heavy atom. The third kappa shape index (κ3) is 12.8. The molecule has 6 aromatic rings. The number of alkyl halides is 3. The van der Waals surface area contributed by atoms with Crippen LogP contribution in [0, 0.1) is 17.6 Å². The van der Waals surface area contributed by atoms with Crippen LogP contribution in [0.1, 0.15) is 59.2 Å². The summed E-state index contributed by atoms with van der Waals surface area (Å²) in [5.74, 6) is -3.49. The highest BCUT2D eigenvalue weighted by Gasteiger charge is 2.38. The molecule has 8 rings (SSSR count). The van der Waals surface area contributed by atoms with E-state index in [1.807, 2.05) is 0 Å². The standard InChI is InChI=1S/C24H21ClF2N2O4S2.C22H20ClF3N4O3S2/c25-17-3-1-16(2-4-17)24(31)28-14-19-6-8-22(34-19)35(32,33)29-11-9-15(10-12-29)23(30)20-7-5-18(26)13-21(20)27;23-16-5-3-15(4-6-16)21(31)28-14-17-7-8-19(34-17)35(32,33)30-12-10-29(11-13-30)20-18(22(24,25)26)2-1-9-27-20/h1-8,13,15H,9-12,14H2,(H,28,31);1-9H,10-14H2,(H,28,31). The van der Waals surface area contributed by atoms with Gasteiger partial charge < -0.3 is 15.5 Å². The number of pyridine rings is 1. The molecule has 13 nitrogen and oxygen atoms in total. The number of amides is 2. The summed E-state index contributed by atoms with van der Waals surface area (Å²) in [5, 5.41) is 6.51. The van der Waals surface area contributed by atoms with Gasteiger partial charge in [-0.1, -0.05) is 23.2 Å². The van der Waals surface area contributed by atoms with Gasteiger partial charge in [0.05, 0.1) is 24.2 Å². The maximum Gasteiger partial charge on any atom is 0.419 e. The van der Waals surface area contributed by atoms with Crippen molar-refractivity contribution in [3.8, 4) is 0 Å². The highest BCUT2D eigenvalue weighted by atomic mass is 35.5. The molecule has 2 fully saturated rings. The van der Waals surface area contributed by atoms with Gasteiger partial charge in [-0.3, -0.25) is 14.4 Å². The molecule has 5 heterocycles. The van der Waals surface area contributed by atoms with E-state index in [1.54, 1.807) is 60.7 Å². The Hall–Kier alpha value is -5.33. The molecule has 24 heteroatoms. The number of ketones is 1. The van der Waals surface area contributed by atoms with E-state index in [1.165, 1.54) is 37.9 Å². The Labute approximate surface area is 418 Å². The zero-order chi connectivity index (χ0) is 50.4. The van der Waals surface area contributed by atoms with Crippen LogP contribution in [0.2, 0.25) is 10.0 Å². The normalized spacial score (nSPS) is 15.2. The first-order chi connectivity index (χ1) is 33.2. The average molecular weight is 1080 g/mol. The molecule has 2 N–H and O–H groups in total. The van der Waals surface area contributed by atoms with Gasteiger partial charge in [-0.25, -0.2) is 30.6 Å². The Kier molecular flexibility index (Phi) is 16.8. The summed E-state index contributed by atoms with van der Waals surface area (Å²) in [4.78, 5) is 43.8. The summed E-state index contributed by atoms with van der Waals surface area (Å²) in [6.07, 6.45) is -2.79. The van der Waals surface area contributed by atoms with Crippen molar-refractivity contribution in [1.29, 1.82) is 0 Å². The third-order valence-corrected chi connectivity index (χ3v) is 18.6. The van der Waals surface area contributed by atoms with Crippen LogP contribution in [-0.2, 0) is 39.3 Å². The number of aromatic nitrogens is 1. The van der Waals surface area contributed by atoms with Crippen molar-refractivity contribution in [3.63, 3.8) is 0 Å². The van der Waals surface area contributed by atoms with E-state index < -0.39 is 55.1 Å². The van der Waals surface area contributed by atoms with Crippen LogP contribution >= 0.6 is 45.9 Å². The average Bonchev–Trinajstić information content (AvgIpc) is 4.05. The van der Waals surface area contributed by atoms with E-state index >= 15 is 0 Å². The fourth-order valence-corrected chi connectivity index (χ4v) is 13.5. The fraction of sp³-hybridized carbons (Fsp3) is 0.261. The van der Waals surface area contributed by atoms with Gasteiger partial charge in [0.25, 0.3) is 31.9 Å². The number of anilines is 1. The van der Waals surface area contributed by atoms with Crippen molar-refractivity contribution < 1.29 is 53.2 Å². The van der Waals surface area contributed by atoms with Gasteiger partial charge in [0.15, 0.2) is 5.78 Å². The molecule has 0 atom stereocenters. The lowest BCUT2D eigenvalue weighted by atomic mass is 9.89. The van der Waals surface area contributed by atoms with E-state index in [4.69, 9.17) is 23.2 Å². The first-order valence-corrected chi connectivity index (χ1v) is 26.5. The molecule has 70 heavy (non-hydrogen) atoms. The number of nitrogens with one attached hydrogen (secondary N) is 2. The third-order valence-electron chi connectivity index (χ3n) is 11.2. The van der Waals surface area contributed by atoms with Gasteiger partial charge >= 0.3 is 6.18 Å². The fourth-order valence-electron chi connectivity index (χ4n) is 7.46. The van der Waals surface area contributed by atoms with Crippen molar-refractivity contribution in [2.75, 3.05) is 44.2 Å². The second kappa shape index (κ2) is 22.4. The lowest BCUT2D eigenvalue weighted by Gasteiger charge is -2.35. The maximum atomic E-state index is 14.0. The second-order valence-corrected chi connectivity index (χ2v) is 23.3. The zero-order valence-corrected chi connectivity index (χ0v) is 41.2. The number of nitrogens with zero attached hydrogens (tertiary/aromatic N) is 4. The van der Waals surface area contributed by atoms with Crippen LogP contribution < -0.4 is 15.5 Å². The largest absolute Gasteiger partial charge is 0.419 e. The van der Waals surface area contributed by atoms with Crippen LogP contribution in [0.4, 0.5) is 27.8 Å². The molecule has 0 radical (unpaired) electrons. The molecular formula is C46H41Cl2F5N6O7S4. The summed E-state index contributed by atoms with van der Waals surface area (Å²) >= 11 is 13.7. The molecule has 0 aliphatic carbocycles. The molecule has 2 saturated heterocycles. The van der Waals surface area contributed by atoms with Gasteiger partial charge in [0.2, 0.25) is 0 Å². The van der Waals surface area contributed by atoms with Crippen LogP contribution in [0.25, 0.3) is 0 Å². The minimum Gasteiger partial charge on any atom is -0.353 e. The minimum atomic E-state index is -4.55. The van der Waals surface area contributed by atoms with Crippen molar-refractivity contribution in [1.82, 2.24) is 24.2 Å². The monoisotopic (exact) mass is 1080 g/mol. The molecule has 0 spiro atoms. The lowest BCUT2D eigenvalue weighted by Crippen LogP contribution is -2.49. The van der Waals surface area contributed by atoms with E-state index in [-0.39, 0.29) is 96.8 Å². The highest BCUT2D eigenvalue weighted by Crippen LogP contribution is 2.36. The zero-order valence-electron chi connectivity index (χ0n) is 36.5. The Morgan fingerprint density at radius 2 is 1.14 bits per heavy atom. The molecule has 0 saturated carbocycles. The summed E-state index contributed by atoms with van der Waals surface area (Å²) in [6, 6.07) is 24.0. The summed E-state index contributed by atoms with van der Waals surface area (Å²) < 4.78 is 122. The number of rotatable bonds is 13. The molecule has 0 unspecified atom stereocenters. The molecule has 2 aliphatic rings. The SMILES string of the molecule is O=C(NCc1ccc(S(=O)(=O)N2CCC(C(=O)c3ccc(F)cc3F)CC2)s1)c1ccc(Cl)cc1.O=C(NCc1ccc(S(=O)(=O)N2CCN(c3ncccc3C(F)(F)F)CC2)s1)c1ccc(Cl)cc1. The Bertz CT molecular complexity index is 3070. The van der Waals surface area contributed by atoms with Crippen molar-refractivity contribution >= 4 is 89.3 Å². The summed E-state index contributed by atoms with van der Waals surface area (Å²) in [5.41, 5.74) is -0.161. The number of hydrogen-bond donors (Lipinski definition) is 2. The first-order valence-electron chi connectivity index (χ1n) is 21.2. The molecule has 2 amide bonds. The Morgan fingerprint density at radius 1 is 0.657 bits per heavy atom. The number of sulfonamides is 2. The highest BCUT2D eigenvalue weighted by molar-refractivity contribution is 7.91. The molecule has 3 aromatic heterocycles. The number of piperidine rings is 1. The van der Waals surface area contributed by atoms with E-state index in [0.717, 1.165) is 40.9 Å². The van der Waals surface area contributed by atoms with Gasteiger partial charge in [-0.05, 0) is 110 Å². The topological polar surface area (TPSA) is 166 Å². The van der Waals surface area contributed by atoms with Crippen LogP contribution in [0.15, 0.2) is 118 Å². The second-order valence-electron chi connectivity index (χ2n) is 15.8. The van der Waals surface area contributed by atoms with Gasteiger partial charge in [0.1, 0.15) is 25.9 Å². The van der Waals surface area contributed by atoms with Gasteiger partial charge in [-0.2, -0.15) is 21.8 Å². The van der Waals surface area contributed by atoms with Crippen LogP contribution in [-0.4, -0.2) is 87.3 Å². The van der Waals surface area contributed by atoms with Crippen molar-refractivity contribution in [2.45, 2.75) is 40.5 Å². The molecule has 2 aliphatic heterocycles. The number of piperazine rings is 1. The summed E-state index contributed by atoms with van der Waals surface area (Å²) in [6.45, 7) is 0.748. The van der Waals surface area contributed by atoms with E-state index in [2.05, 4.69) is 15.6 Å². The quantitative estimate of drug-likeness (QED) is 0.0848. The number of benzene rings is 3. The summed E-state index contributed by atoms with van der Waals surface area (Å²) in [7, 11) is -7.60. The first kappa shape index (κ1) is 52.5. The number of hydrogen-bond acceptors (Lipinski definition) is 11. The van der Waals surface area contributed by atoms with Gasteiger partial charge in [-0.15, -0.1) is 22.7 Å². The molecular weight excluding hydrogens is 1040 g/mol. The van der Waals surface area contributed by atoms with Crippen molar-refractivity contribution in [3.05, 3.63) is 163 Å². The Balaban J connectivity index is 0.000000206. The van der Waals surface area contributed by atoms with Crippen LogP contribution in [0.5, 0.6) is 0 Å². The predicted octanol–water partition coefficient (Wildman–Crippen LogP) is 9.15. The lowest BCUT2D eigenvalue weighted by molar-refractivity contribution is -0.137. The van der Waals surface area contributed by atoms with Crippen LogP contribution in [0.3, 0.4) is 0 Å². The molecule has 3 aromatic carbocycles. The smallest absolute Gasteiger partial charge is 0.353 e. The van der Waals surface area contributed by atoms with E-state index in [9.17, 15) is 53.2 Å². The number of thiophene rings is 2. The number of Topliss-reactive ketones (excluding diaryl/α,β-unsaturated/α-hetero) is 1.